The summed E-state index contributed by atoms with van der Waals surface area (Å²) >= 11 is 0. The van der Waals surface area contributed by atoms with E-state index in [0.717, 1.165) is 34.6 Å². The Hall–Kier alpha value is -4.43. The molecule has 3 N–H and O–H groups in total. The third-order valence-corrected chi connectivity index (χ3v) is 7.83. The first-order valence-electron chi connectivity index (χ1n) is 14.2. The number of H-pyrrole nitrogens is 1. The van der Waals surface area contributed by atoms with E-state index in [4.69, 9.17) is 9.47 Å². The van der Waals surface area contributed by atoms with Crippen molar-refractivity contribution in [1.29, 1.82) is 0 Å². The number of nitrogens with one attached hydrogen (secondary N) is 2. The van der Waals surface area contributed by atoms with Crippen molar-refractivity contribution in [2.75, 3.05) is 32.0 Å². The zero-order valence-electron chi connectivity index (χ0n) is 24.4. The van der Waals surface area contributed by atoms with Gasteiger partial charge in [0.15, 0.2) is 0 Å². The second kappa shape index (κ2) is 11.6. The van der Waals surface area contributed by atoms with Crippen LogP contribution in [-0.4, -0.2) is 79.8 Å². The maximum atomic E-state index is 14.0. The minimum Gasteiger partial charge on any atom is -0.471 e. The lowest BCUT2D eigenvalue weighted by atomic mass is 9.96. The molecular formula is C30H32F3N7O4. The van der Waals surface area contributed by atoms with Crippen LogP contribution < -0.4 is 14.8 Å². The number of urea groups is 1. The van der Waals surface area contributed by atoms with Crippen LogP contribution in [0.15, 0.2) is 42.9 Å². The van der Waals surface area contributed by atoms with E-state index in [1.807, 2.05) is 37.9 Å². The molecule has 14 heteroatoms. The normalized spacial score (nSPS) is 20.8. The number of aromatic nitrogens is 4. The number of hydrogen-bond acceptors (Lipinski definition) is 8. The van der Waals surface area contributed by atoms with Gasteiger partial charge in [0.1, 0.15) is 34.9 Å². The number of aliphatic hydroxyl groups excluding tert-OH is 1. The summed E-state index contributed by atoms with van der Waals surface area (Å²) in [7, 11) is 1.81. The Bertz CT molecular complexity index is 1700. The largest absolute Gasteiger partial charge is 0.471 e. The molecule has 0 bridgehead atoms. The third kappa shape index (κ3) is 6.13. The molecule has 2 aliphatic rings. The molecule has 0 aliphatic carbocycles. The van der Waals surface area contributed by atoms with Gasteiger partial charge in [0.25, 0.3) is 0 Å². The number of amides is 2. The van der Waals surface area contributed by atoms with Crippen LogP contribution in [0, 0.1) is 6.92 Å². The van der Waals surface area contributed by atoms with Gasteiger partial charge < -0.3 is 34.7 Å². The Morgan fingerprint density at radius 2 is 1.98 bits per heavy atom. The molecule has 11 nitrogen and oxygen atoms in total. The number of fused-ring (bicyclic) bond motifs is 2. The zero-order valence-corrected chi connectivity index (χ0v) is 24.4. The van der Waals surface area contributed by atoms with Gasteiger partial charge in [-0.05, 0) is 50.2 Å². The molecule has 2 amide bonds. The molecule has 1 saturated heterocycles. The lowest BCUT2D eigenvalue weighted by Gasteiger charge is -2.34. The number of aryl methyl sites for hydroxylation is 1. The molecule has 44 heavy (non-hydrogen) atoms. The number of alkyl halides is 3. The molecule has 0 saturated carbocycles. The first-order valence-corrected chi connectivity index (χ1v) is 14.2. The van der Waals surface area contributed by atoms with Crippen LogP contribution in [0.3, 0.4) is 0 Å². The first kappa shape index (κ1) is 29.6. The van der Waals surface area contributed by atoms with Crippen LogP contribution in [0.1, 0.15) is 41.8 Å². The number of piperidine rings is 1. The van der Waals surface area contributed by atoms with Crippen molar-refractivity contribution in [1.82, 2.24) is 29.7 Å². The Morgan fingerprint density at radius 3 is 2.75 bits per heavy atom. The highest BCUT2D eigenvalue weighted by atomic mass is 19.4. The second-order valence-electron chi connectivity index (χ2n) is 11.4. The van der Waals surface area contributed by atoms with Gasteiger partial charge >= 0.3 is 12.2 Å². The van der Waals surface area contributed by atoms with Crippen molar-refractivity contribution in [2.24, 2.45) is 0 Å². The minimum absolute atomic E-state index is 0.126. The Morgan fingerprint density at radius 1 is 1.16 bits per heavy atom. The van der Waals surface area contributed by atoms with Crippen LogP contribution in [0.5, 0.6) is 17.4 Å². The topological polar surface area (TPSA) is 129 Å². The van der Waals surface area contributed by atoms with Crippen LogP contribution in [-0.2, 0) is 12.7 Å². The fourth-order valence-electron chi connectivity index (χ4n) is 5.69. The van der Waals surface area contributed by atoms with Crippen molar-refractivity contribution in [3.8, 4) is 17.4 Å². The van der Waals surface area contributed by atoms with E-state index in [9.17, 15) is 23.1 Å². The van der Waals surface area contributed by atoms with E-state index in [2.05, 4.69) is 25.3 Å². The second-order valence-corrected chi connectivity index (χ2v) is 11.4. The summed E-state index contributed by atoms with van der Waals surface area (Å²) in [5.41, 5.74) is 1.96. The average molecular weight is 612 g/mol. The Kier molecular flexibility index (Phi) is 7.80. The van der Waals surface area contributed by atoms with E-state index in [0.29, 0.717) is 36.7 Å². The minimum atomic E-state index is -4.79. The summed E-state index contributed by atoms with van der Waals surface area (Å²) in [6.07, 6.45) is -1.82. The van der Waals surface area contributed by atoms with Crippen molar-refractivity contribution in [3.05, 3.63) is 65.4 Å². The van der Waals surface area contributed by atoms with Crippen molar-refractivity contribution < 1.29 is 32.5 Å². The number of ether oxygens (including phenoxy) is 2. The predicted molar refractivity (Wildman–Crippen MR) is 155 cm³/mol. The molecule has 6 heterocycles. The fourth-order valence-corrected chi connectivity index (χ4v) is 5.69. The van der Waals surface area contributed by atoms with Gasteiger partial charge in [0.2, 0.25) is 5.88 Å². The Balaban J connectivity index is 1.18. The van der Waals surface area contributed by atoms with Gasteiger partial charge in [-0.25, -0.2) is 14.8 Å². The monoisotopic (exact) mass is 611 g/mol. The van der Waals surface area contributed by atoms with Crippen LogP contribution in [0.25, 0.3) is 11.0 Å². The molecule has 4 aromatic heterocycles. The quantitative estimate of drug-likeness (QED) is 0.286. The fraction of sp³-hybridized carbons (Fsp3) is 0.400. The van der Waals surface area contributed by atoms with Crippen LogP contribution in [0.4, 0.5) is 23.7 Å². The number of rotatable bonds is 5. The number of pyridine rings is 3. The van der Waals surface area contributed by atoms with E-state index in [1.54, 1.807) is 18.5 Å². The van der Waals surface area contributed by atoms with E-state index in [1.165, 1.54) is 4.90 Å². The summed E-state index contributed by atoms with van der Waals surface area (Å²) in [4.78, 5) is 32.6. The van der Waals surface area contributed by atoms with Gasteiger partial charge in [0, 0.05) is 44.0 Å². The number of aromatic amines is 1. The molecule has 0 aromatic carbocycles. The van der Waals surface area contributed by atoms with E-state index in [-0.39, 0.29) is 24.7 Å². The number of carbonyl (C=O) groups is 1. The summed E-state index contributed by atoms with van der Waals surface area (Å²) in [5.74, 6) is 0.322. The zero-order chi connectivity index (χ0) is 31.2. The molecule has 0 spiro atoms. The molecule has 4 aromatic rings. The molecular weight excluding hydrogens is 579 g/mol. The molecule has 232 valence electrons. The number of β-amino-alcohol motifs (C(OH)–C–C–N with tert-alkyl or cyclic N) is 1. The van der Waals surface area contributed by atoms with Gasteiger partial charge in [0.05, 0.1) is 29.2 Å². The molecule has 0 radical (unpaired) electrons. The van der Waals surface area contributed by atoms with E-state index < -0.39 is 35.9 Å². The highest BCUT2D eigenvalue weighted by molar-refractivity contribution is 5.89. The number of likely N-dealkylation sites (N-methyl/N-ethyl adjacent to an activating group) is 1. The van der Waals surface area contributed by atoms with Crippen LogP contribution in [0.2, 0.25) is 0 Å². The third-order valence-electron chi connectivity index (χ3n) is 7.83. The molecule has 6 rings (SSSR count). The SMILES string of the molecule is Cc1cc2c(Oc3cnc4c(c3)CN(C(=O)Nc3cnc(OC5CCN(C)CC5O)c(C(F)(F)F)c3)CC4C)ccnc2[nH]1. The lowest BCUT2D eigenvalue weighted by molar-refractivity contribution is -0.140. The summed E-state index contributed by atoms with van der Waals surface area (Å²) < 4.78 is 53.6. The summed E-state index contributed by atoms with van der Waals surface area (Å²) in [6.45, 7) is 5.19. The standard InChI is InChI=1S/C30H32F3N7O4/c1-16-13-40(14-18-9-20(12-35-26(16)18)43-24-4-6-34-27-21(24)8-17(2)37-27)29(42)38-19-10-22(30(31,32)33)28(36-11-19)44-25-5-7-39(3)15-23(25)41/h4,6,8-12,16,23,25,41H,5,7,13-15H2,1-3H3,(H,34,37)(H,38,42). The lowest BCUT2D eigenvalue weighted by Crippen LogP contribution is -2.47. The number of carbonyl (C=O) groups excluding carboxylic acids is 1. The molecule has 1 fully saturated rings. The number of likely N-dealkylation sites (tertiary alicyclic amines) is 1. The summed E-state index contributed by atoms with van der Waals surface area (Å²) in [5, 5.41) is 13.7. The summed E-state index contributed by atoms with van der Waals surface area (Å²) in [6, 6.07) is 5.73. The number of anilines is 1. The highest BCUT2D eigenvalue weighted by Gasteiger charge is 2.38. The van der Waals surface area contributed by atoms with Gasteiger partial charge in [-0.2, -0.15) is 13.2 Å². The number of halogens is 3. The van der Waals surface area contributed by atoms with Gasteiger partial charge in [-0.1, -0.05) is 6.92 Å². The van der Waals surface area contributed by atoms with Gasteiger partial charge in [-0.15, -0.1) is 0 Å². The van der Waals surface area contributed by atoms with Crippen molar-refractivity contribution >= 4 is 22.8 Å². The van der Waals surface area contributed by atoms with Crippen LogP contribution >= 0.6 is 0 Å². The number of hydrogen-bond donors (Lipinski definition) is 3. The molecule has 3 atom stereocenters. The van der Waals surface area contributed by atoms with E-state index >= 15 is 0 Å². The molecule has 3 unspecified atom stereocenters. The van der Waals surface area contributed by atoms with Crippen molar-refractivity contribution in [2.45, 2.75) is 51.1 Å². The maximum Gasteiger partial charge on any atom is 0.421 e. The smallest absolute Gasteiger partial charge is 0.421 e. The predicted octanol–water partition coefficient (Wildman–Crippen LogP) is 5.07. The van der Waals surface area contributed by atoms with Gasteiger partial charge in [-0.3, -0.25) is 4.98 Å². The maximum absolute atomic E-state index is 14.0. The number of nitrogens with zero attached hydrogens (tertiary/aromatic N) is 5. The highest BCUT2D eigenvalue weighted by Crippen LogP contribution is 2.38. The Labute approximate surface area is 251 Å². The average Bonchev–Trinajstić information content (AvgIpc) is 3.35. The first-order chi connectivity index (χ1) is 20.9. The van der Waals surface area contributed by atoms with Crippen molar-refractivity contribution in [3.63, 3.8) is 0 Å². The molecule has 2 aliphatic heterocycles. The number of aliphatic hydroxyl groups is 1.